The van der Waals surface area contributed by atoms with Crippen molar-refractivity contribution >= 4 is 0 Å². The lowest BCUT2D eigenvalue weighted by Crippen LogP contribution is -2.44. The molecule has 82 valence electrons. The molecule has 2 heterocycles. The van der Waals surface area contributed by atoms with Gasteiger partial charge in [-0.25, -0.2) is 0 Å². The molecule has 2 nitrogen and oxygen atoms in total. The minimum absolute atomic E-state index is 0.824. The lowest BCUT2D eigenvalue weighted by Gasteiger charge is -2.38. The van der Waals surface area contributed by atoms with Crippen LogP contribution in [0.5, 0.6) is 0 Å². The van der Waals surface area contributed by atoms with E-state index in [2.05, 4.69) is 11.8 Å². The Bertz CT molecular complexity index is 167. The van der Waals surface area contributed by atoms with Gasteiger partial charge in [0.2, 0.25) is 0 Å². The van der Waals surface area contributed by atoms with E-state index in [1.54, 1.807) is 0 Å². The van der Waals surface area contributed by atoms with Crippen LogP contribution in [0.3, 0.4) is 0 Å². The van der Waals surface area contributed by atoms with Crippen LogP contribution in [0.1, 0.15) is 45.4 Å². The molecule has 2 fully saturated rings. The summed E-state index contributed by atoms with van der Waals surface area (Å²) in [5.74, 6) is 0.824. The number of unbranched alkanes of at least 4 members (excludes halogenated alkanes) is 1. The van der Waals surface area contributed by atoms with Gasteiger partial charge in [-0.1, -0.05) is 13.3 Å². The summed E-state index contributed by atoms with van der Waals surface area (Å²) < 4.78 is 0. The lowest BCUT2D eigenvalue weighted by molar-refractivity contribution is 0.105. The number of nitrogens with zero attached hydrogens (tertiary/aromatic N) is 1. The summed E-state index contributed by atoms with van der Waals surface area (Å²) in [5.41, 5.74) is 5.78. The second-order valence-electron chi connectivity index (χ2n) is 5.05. The first-order chi connectivity index (χ1) is 6.85. The monoisotopic (exact) mass is 196 g/mol. The molecule has 2 heteroatoms. The summed E-state index contributed by atoms with van der Waals surface area (Å²) >= 11 is 0. The molecule has 2 N–H and O–H groups in total. The average Bonchev–Trinajstić information content (AvgIpc) is 2.46. The first kappa shape index (κ1) is 10.4. The highest BCUT2D eigenvalue weighted by Crippen LogP contribution is 2.38. The molecule has 2 rings (SSSR count). The summed E-state index contributed by atoms with van der Waals surface area (Å²) in [6.07, 6.45) is 8.32. The predicted molar refractivity (Wildman–Crippen MR) is 60.2 cm³/mol. The Balaban J connectivity index is 1.89. The number of piperidine rings is 1. The first-order valence-electron chi connectivity index (χ1n) is 6.31. The molecule has 0 amide bonds. The van der Waals surface area contributed by atoms with Crippen LogP contribution < -0.4 is 5.73 Å². The van der Waals surface area contributed by atoms with Crippen molar-refractivity contribution in [1.82, 2.24) is 4.90 Å². The fourth-order valence-corrected chi connectivity index (χ4v) is 3.29. The van der Waals surface area contributed by atoms with Crippen molar-refractivity contribution in [3.05, 3.63) is 0 Å². The van der Waals surface area contributed by atoms with Gasteiger partial charge in [0.1, 0.15) is 0 Å². The highest BCUT2D eigenvalue weighted by atomic mass is 15.2. The molecule has 0 aromatic carbocycles. The molecule has 0 radical (unpaired) electrons. The third-order valence-electron chi connectivity index (χ3n) is 4.09. The van der Waals surface area contributed by atoms with Gasteiger partial charge in [-0.2, -0.15) is 0 Å². The van der Waals surface area contributed by atoms with Crippen molar-refractivity contribution in [3.63, 3.8) is 0 Å². The number of rotatable bonds is 4. The van der Waals surface area contributed by atoms with Gasteiger partial charge in [0.25, 0.3) is 0 Å². The van der Waals surface area contributed by atoms with Gasteiger partial charge in [-0.15, -0.1) is 0 Å². The molecule has 2 saturated heterocycles. The van der Waals surface area contributed by atoms with Crippen molar-refractivity contribution in [2.24, 2.45) is 11.7 Å². The zero-order valence-electron chi connectivity index (χ0n) is 9.41. The molecular formula is C12H24N2. The molecule has 0 spiro atoms. The van der Waals surface area contributed by atoms with Crippen LogP contribution in [0.25, 0.3) is 0 Å². The van der Waals surface area contributed by atoms with Crippen LogP contribution >= 0.6 is 0 Å². The predicted octanol–water partition coefficient (Wildman–Crippen LogP) is 1.99. The van der Waals surface area contributed by atoms with E-state index in [-0.39, 0.29) is 0 Å². The van der Waals surface area contributed by atoms with Gasteiger partial charge in [0, 0.05) is 12.1 Å². The Kier molecular flexibility index (Phi) is 3.45. The summed E-state index contributed by atoms with van der Waals surface area (Å²) in [6.45, 7) is 4.53. The van der Waals surface area contributed by atoms with Crippen LogP contribution in [0.4, 0.5) is 0 Å². The van der Waals surface area contributed by atoms with Crippen LogP contribution in [-0.4, -0.2) is 30.1 Å². The maximum atomic E-state index is 5.78. The van der Waals surface area contributed by atoms with Gasteiger partial charge in [-0.3, -0.25) is 4.90 Å². The maximum absolute atomic E-state index is 5.78. The van der Waals surface area contributed by atoms with Crippen molar-refractivity contribution in [1.29, 1.82) is 0 Å². The molecule has 2 aliphatic heterocycles. The normalized spacial score (nSPS) is 37.7. The van der Waals surface area contributed by atoms with Crippen LogP contribution in [0.15, 0.2) is 0 Å². The quantitative estimate of drug-likeness (QED) is 0.745. The van der Waals surface area contributed by atoms with Crippen LogP contribution in [0.2, 0.25) is 0 Å². The Morgan fingerprint density at radius 3 is 2.36 bits per heavy atom. The topological polar surface area (TPSA) is 29.3 Å². The molecule has 0 aromatic rings. The Hall–Kier alpha value is -0.0800. The van der Waals surface area contributed by atoms with Crippen molar-refractivity contribution in [3.8, 4) is 0 Å². The number of hydrogen-bond donors (Lipinski definition) is 1. The zero-order chi connectivity index (χ0) is 9.97. The summed E-state index contributed by atoms with van der Waals surface area (Å²) in [4.78, 5) is 2.77. The van der Waals surface area contributed by atoms with Gasteiger partial charge < -0.3 is 5.73 Å². The van der Waals surface area contributed by atoms with Crippen molar-refractivity contribution in [2.75, 3.05) is 13.1 Å². The van der Waals surface area contributed by atoms with Crippen LogP contribution in [-0.2, 0) is 0 Å². The molecule has 2 unspecified atom stereocenters. The molecule has 0 aliphatic carbocycles. The summed E-state index contributed by atoms with van der Waals surface area (Å²) in [5, 5.41) is 0. The molecule has 0 aromatic heterocycles. The SMILES string of the molecule is CCCCN1C2CCC1CC(CN)C2. The Morgan fingerprint density at radius 1 is 1.21 bits per heavy atom. The summed E-state index contributed by atoms with van der Waals surface area (Å²) in [7, 11) is 0. The third-order valence-corrected chi connectivity index (χ3v) is 4.09. The van der Waals surface area contributed by atoms with E-state index in [1.165, 1.54) is 45.1 Å². The minimum atomic E-state index is 0.824. The van der Waals surface area contributed by atoms with Crippen molar-refractivity contribution < 1.29 is 0 Å². The number of nitrogens with two attached hydrogens (primary N) is 1. The maximum Gasteiger partial charge on any atom is 0.0102 e. The van der Waals surface area contributed by atoms with Gasteiger partial charge in [-0.05, 0) is 51.1 Å². The zero-order valence-corrected chi connectivity index (χ0v) is 9.41. The van der Waals surface area contributed by atoms with Crippen molar-refractivity contribution in [2.45, 2.75) is 57.5 Å². The summed E-state index contributed by atoms with van der Waals surface area (Å²) in [6, 6.07) is 1.77. The Morgan fingerprint density at radius 2 is 1.86 bits per heavy atom. The Labute approximate surface area is 87.8 Å². The average molecular weight is 196 g/mol. The van der Waals surface area contributed by atoms with E-state index in [9.17, 15) is 0 Å². The fourth-order valence-electron chi connectivity index (χ4n) is 3.29. The van der Waals surface area contributed by atoms with Crippen LogP contribution in [0, 0.1) is 5.92 Å². The third kappa shape index (κ3) is 1.96. The smallest absolute Gasteiger partial charge is 0.0102 e. The number of hydrogen-bond acceptors (Lipinski definition) is 2. The molecule has 0 saturated carbocycles. The van der Waals surface area contributed by atoms with E-state index in [0.29, 0.717) is 0 Å². The van der Waals surface area contributed by atoms with Gasteiger partial charge >= 0.3 is 0 Å². The van der Waals surface area contributed by atoms with E-state index in [0.717, 1.165) is 24.5 Å². The van der Waals surface area contributed by atoms with Gasteiger partial charge in [0.15, 0.2) is 0 Å². The number of fused-ring (bicyclic) bond motifs is 2. The highest BCUT2D eigenvalue weighted by Gasteiger charge is 2.39. The second-order valence-corrected chi connectivity index (χ2v) is 5.05. The molecule has 14 heavy (non-hydrogen) atoms. The standard InChI is InChI=1S/C12H24N2/c1-2-3-6-14-11-4-5-12(14)8-10(7-11)9-13/h10-12H,2-9,13H2,1H3. The van der Waals surface area contributed by atoms with E-state index in [1.807, 2.05) is 0 Å². The second kappa shape index (κ2) is 4.63. The fraction of sp³-hybridized carbons (Fsp3) is 1.00. The molecular weight excluding hydrogens is 172 g/mol. The van der Waals surface area contributed by atoms with Gasteiger partial charge in [0.05, 0.1) is 0 Å². The molecule has 2 aliphatic rings. The van der Waals surface area contributed by atoms with E-state index < -0.39 is 0 Å². The minimum Gasteiger partial charge on any atom is -0.330 e. The van der Waals surface area contributed by atoms with E-state index >= 15 is 0 Å². The van der Waals surface area contributed by atoms with E-state index in [4.69, 9.17) is 5.73 Å². The highest BCUT2D eigenvalue weighted by molar-refractivity contribution is 4.94. The molecule has 2 atom stereocenters. The lowest BCUT2D eigenvalue weighted by atomic mass is 9.90. The first-order valence-corrected chi connectivity index (χ1v) is 6.31. The largest absolute Gasteiger partial charge is 0.330 e. The molecule has 2 bridgehead atoms.